The van der Waals surface area contributed by atoms with Gasteiger partial charge in [0.15, 0.2) is 5.13 Å². The van der Waals surface area contributed by atoms with E-state index in [1.54, 1.807) is 18.3 Å². The number of halogens is 2. The third kappa shape index (κ3) is 4.60. The number of benzene rings is 2. The van der Waals surface area contributed by atoms with E-state index in [0.717, 1.165) is 21.6 Å². The number of nitrogens with zero attached hydrogens (tertiary/aromatic N) is 1. The molecule has 0 unspecified atom stereocenters. The third-order valence-electron chi connectivity index (χ3n) is 3.63. The van der Waals surface area contributed by atoms with E-state index in [-0.39, 0.29) is 5.91 Å². The Balaban J connectivity index is 1.73. The summed E-state index contributed by atoms with van der Waals surface area (Å²) in [5, 5.41) is 4.73. The normalized spacial score (nSPS) is 10.7. The van der Waals surface area contributed by atoms with Crippen LogP contribution in [0, 0.1) is 13.8 Å². The average molecular weight is 391 g/mol. The quantitative estimate of drug-likeness (QED) is 0.601. The minimum atomic E-state index is -0.159. The van der Waals surface area contributed by atoms with Gasteiger partial charge in [0, 0.05) is 33.1 Å². The second-order valence-electron chi connectivity index (χ2n) is 5.87. The largest absolute Gasteiger partial charge is 0.298 e. The van der Waals surface area contributed by atoms with Gasteiger partial charge in [0.1, 0.15) is 0 Å². The van der Waals surface area contributed by atoms with Crippen LogP contribution in [0.3, 0.4) is 0 Å². The van der Waals surface area contributed by atoms with E-state index < -0.39 is 0 Å². The molecule has 0 aliphatic carbocycles. The summed E-state index contributed by atoms with van der Waals surface area (Å²) in [5.74, 6) is -0.159. The number of anilines is 1. The summed E-state index contributed by atoms with van der Waals surface area (Å²) >= 11 is 13.7. The molecule has 0 aliphatic rings. The summed E-state index contributed by atoms with van der Waals surface area (Å²) in [6.45, 7) is 3.94. The molecular formula is C19H16Cl2N2OS. The lowest BCUT2D eigenvalue weighted by Crippen LogP contribution is -2.12. The molecule has 1 heterocycles. The number of carbonyl (C=O) groups excluding carboxylic acids is 1. The monoisotopic (exact) mass is 390 g/mol. The first-order chi connectivity index (χ1) is 11.9. The molecule has 0 fully saturated rings. The first kappa shape index (κ1) is 17.9. The SMILES string of the molecule is Cc1cc(C)cc(C(=O)Nc2ncc(Cc3cc(Cl)ccc3Cl)s2)c1. The molecule has 0 bridgehead atoms. The van der Waals surface area contributed by atoms with Crippen LogP contribution in [0.1, 0.15) is 31.9 Å². The Morgan fingerprint density at radius 2 is 1.84 bits per heavy atom. The van der Waals surface area contributed by atoms with E-state index >= 15 is 0 Å². The fourth-order valence-electron chi connectivity index (χ4n) is 2.59. The summed E-state index contributed by atoms with van der Waals surface area (Å²) in [6, 6.07) is 11.1. The summed E-state index contributed by atoms with van der Waals surface area (Å²) in [4.78, 5) is 17.7. The zero-order valence-corrected chi connectivity index (χ0v) is 16.1. The van der Waals surface area contributed by atoms with Crippen molar-refractivity contribution < 1.29 is 4.79 Å². The van der Waals surface area contributed by atoms with Crippen LogP contribution in [-0.4, -0.2) is 10.9 Å². The highest BCUT2D eigenvalue weighted by Crippen LogP contribution is 2.27. The van der Waals surface area contributed by atoms with Gasteiger partial charge in [-0.05, 0) is 49.7 Å². The fraction of sp³-hybridized carbons (Fsp3) is 0.158. The number of hydrogen-bond donors (Lipinski definition) is 1. The molecule has 2 aromatic carbocycles. The van der Waals surface area contributed by atoms with Gasteiger partial charge in [-0.1, -0.05) is 40.4 Å². The molecular weight excluding hydrogens is 375 g/mol. The van der Waals surface area contributed by atoms with Crippen molar-refractivity contribution in [2.45, 2.75) is 20.3 Å². The highest BCUT2D eigenvalue weighted by atomic mass is 35.5. The Labute approximate surface area is 160 Å². The smallest absolute Gasteiger partial charge is 0.257 e. The van der Waals surface area contributed by atoms with Gasteiger partial charge >= 0.3 is 0 Å². The van der Waals surface area contributed by atoms with Crippen LogP contribution in [0.15, 0.2) is 42.6 Å². The lowest BCUT2D eigenvalue weighted by atomic mass is 10.1. The van der Waals surface area contributed by atoms with Crippen molar-refractivity contribution in [2.24, 2.45) is 0 Å². The highest BCUT2D eigenvalue weighted by molar-refractivity contribution is 7.15. The van der Waals surface area contributed by atoms with Gasteiger partial charge in [0.05, 0.1) is 0 Å². The minimum Gasteiger partial charge on any atom is -0.298 e. The summed E-state index contributed by atoms with van der Waals surface area (Å²) in [7, 11) is 0. The van der Waals surface area contributed by atoms with Gasteiger partial charge in [-0.2, -0.15) is 0 Å². The minimum absolute atomic E-state index is 0.159. The van der Waals surface area contributed by atoms with Crippen molar-refractivity contribution in [3.05, 3.63) is 79.8 Å². The first-order valence-corrected chi connectivity index (χ1v) is 9.26. The van der Waals surface area contributed by atoms with Crippen LogP contribution < -0.4 is 5.32 Å². The van der Waals surface area contributed by atoms with Crippen molar-refractivity contribution >= 4 is 45.6 Å². The van der Waals surface area contributed by atoms with E-state index in [0.29, 0.717) is 27.2 Å². The molecule has 0 spiro atoms. The zero-order chi connectivity index (χ0) is 18.0. The lowest BCUT2D eigenvalue weighted by Gasteiger charge is -2.05. The Morgan fingerprint density at radius 1 is 1.12 bits per heavy atom. The molecule has 3 rings (SSSR count). The number of hydrogen-bond acceptors (Lipinski definition) is 3. The predicted octanol–water partition coefficient (Wildman–Crippen LogP) is 5.91. The molecule has 0 saturated carbocycles. The maximum absolute atomic E-state index is 12.4. The highest BCUT2D eigenvalue weighted by Gasteiger charge is 2.11. The van der Waals surface area contributed by atoms with Gasteiger partial charge in [-0.15, -0.1) is 11.3 Å². The standard InChI is InChI=1S/C19H16Cl2N2OS/c1-11-5-12(2)7-14(6-11)18(24)23-19-22-10-16(25-19)9-13-8-15(20)3-4-17(13)21/h3-8,10H,9H2,1-2H3,(H,22,23,24). The van der Waals surface area contributed by atoms with Crippen molar-refractivity contribution in [3.63, 3.8) is 0 Å². The summed E-state index contributed by atoms with van der Waals surface area (Å²) < 4.78 is 0. The second kappa shape index (κ2) is 7.56. The number of carbonyl (C=O) groups is 1. The molecule has 3 aromatic rings. The molecule has 128 valence electrons. The molecule has 0 radical (unpaired) electrons. The van der Waals surface area contributed by atoms with Gasteiger partial charge in [-0.25, -0.2) is 4.98 Å². The molecule has 25 heavy (non-hydrogen) atoms. The molecule has 0 atom stereocenters. The predicted molar refractivity (Wildman–Crippen MR) is 105 cm³/mol. The maximum Gasteiger partial charge on any atom is 0.257 e. The van der Waals surface area contributed by atoms with Gasteiger partial charge in [-0.3, -0.25) is 10.1 Å². The van der Waals surface area contributed by atoms with Gasteiger partial charge < -0.3 is 0 Å². The van der Waals surface area contributed by atoms with E-state index in [1.165, 1.54) is 11.3 Å². The van der Waals surface area contributed by atoms with E-state index in [4.69, 9.17) is 23.2 Å². The van der Waals surface area contributed by atoms with E-state index in [2.05, 4.69) is 10.3 Å². The Hall–Kier alpha value is -1.88. The van der Waals surface area contributed by atoms with Gasteiger partial charge in [0.25, 0.3) is 5.91 Å². The molecule has 1 amide bonds. The molecule has 0 aliphatic heterocycles. The van der Waals surface area contributed by atoms with Crippen LogP contribution in [0.5, 0.6) is 0 Å². The average Bonchev–Trinajstić information content (AvgIpc) is 2.97. The van der Waals surface area contributed by atoms with Crippen LogP contribution in [0.4, 0.5) is 5.13 Å². The Bertz CT molecular complexity index is 917. The van der Waals surface area contributed by atoms with Crippen LogP contribution in [-0.2, 0) is 6.42 Å². The van der Waals surface area contributed by atoms with Crippen LogP contribution in [0.25, 0.3) is 0 Å². The Kier molecular flexibility index (Phi) is 5.42. The number of aromatic nitrogens is 1. The van der Waals surface area contributed by atoms with E-state index in [9.17, 15) is 4.79 Å². The van der Waals surface area contributed by atoms with Crippen LogP contribution >= 0.6 is 34.5 Å². The van der Waals surface area contributed by atoms with Crippen molar-refractivity contribution in [2.75, 3.05) is 5.32 Å². The zero-order valence-electron chi connectivity index (χ0n) is 13.8. The number of nitrogens with one attached hydrogen (secondary N) is 1. The number of amides is 1. The topological polar surface area (TPSA) is 42.0 Å². The second-order valence-corrected chi connectivity index (χ2v) is 7.83. The fourth-order valence-corrected chi connectivity index (χ4v) is 3.80. The molecule has 6 heteroatoms. The van der Waals surface area contributed by atoms with Crippen molar-refractivity contribution in [3.8, 4) is 0 Å². The summed E-state index contributed by atoms with van der Waals surface area (Å²) in [6.07, 6.45) is 2.37. The maximum atomic E-state index is 12.4. The lowest BCUT2D eigenvalue weighted by molar-refractivity contribution is 0.102. The van der Waals surface area contributed by atoms with Crippen molar-refractivity contribution in [1.82, 2.24) is 4.98 Å². The van der Waals surface area contributed by atoms with Crippen molar-refractivity contribution in [1.29, 1.82) is 0 Å². The number of thiazole rings is 1. The molecule has 3 nitrogen and oxygen atoms in total. The number of rotatable bonds is 4. The molecule has 0 saturated heterocycles. The van der Waals surface area contributed by atoms with Crippen LogP contribution in [0.2, 0.25) is 10.0 Å². The van der Waals surface area contributed by atoms with Gasteiger partial charge in [0.2, 0.25) is 0 Å². The summed E-state index contributed by atoms with van der Waals surface area (Å²) in [5.41, 5.74) is 3.68. The molecule has 1 aromatic heterocycles. The Morgan fingerprint density at radius 3 is 2.56 bits per heavy atom. The molecule has 1 N–H and O–H groups in total. The number of aryl methyl sites for hydroxylation is 2. The van der Waals surface area contributed by atoms with E-state index in [1.807, 2.05) is 38.1 Å². The first-order valence-electron chi connectivity index (χ1n) is 7.69. The third-order valence-corrected chi connectivity index (χ3v) is 5.15.